The van der Waals surface area contributed by atoms with Crippen molar-refractivity contribution in [1.82, 2.24) is 21.1 Å². The minimum absolute atomic E-state index is 0.0178. The highest BCUT2D eigenvalue weighted by Gasteiger charge is 2.60. The topological polar surface area (TPSA) is 135 Å². The highest BCUT2D eigenvalue weighted by atomic mass is 79.9. The van der Waals surface area contributed by atoms with Gasteiger partial charge in [0.2, 0.25) is 0 Å². The van der Waals surface area contributed by atoms with Crippen molar-refractivity contribution in [2.24, 2.45) is 0 Å². The predicted octanol–water partition coefficient (Wildman–Crippen LogP) is -0.212. The number of nitrogens with zero attached hydrogens (tertiary/aromatic N) is 1. The summed E-state index contributed by atoms with van der Waals surface area (Å²) in [4.78, 5) is 25.2. The number of rotatable bonds is 7. The Morgan fingerprint density at radius 3 is 2.93 bits per heavy atom. The molecule has 0 bridgehead atoms. The molecule has 28 heavy (non-hydrogen) atoms. The van der Waals surface area contributed by atoms with E-state index in [2.05, 4.69) is 37.3 Å². The second kappa shape index (κ2) is 8.27. The van der Waals surface area contributed by atoms with Gasteiger partial charge in [0.15, 0.2) is 11.9 Å². The SMILES string of the molecule is CC1OC(NCCO)CC12NC(=O)N(NC(O)Nc1ccc(Br)cc1F)C2=O. The Kier molecular flexibility index (Phi) is 6.17. The van der Waals surface area contributed by atoms with Crippen LogP contribution < -0.4 is 21.4 Å². The van der Waals surface area contributed by atoms with Gasteiger partial charge >= 0.3 is 6.03 Å². The van der Waals surface area contributed by atoms with Gasteiger partial charge in [-0.05, 0) is 25.1 Å². The molecular weight excluding hydrogens is 441 g/mol. The first kappa shape index (κ1) is 20.9. The third kappa shape index (κ3) is 3.97. The van der Waals surface area contributed by atoms with E-state index in [1.165, 1.54) is 12.1 Å². The van der Waals surface area contributed by atoms with Crippen LogP contribution in [-0.2, 0) is 9.53 Å². The van der Waals surface area contributed by atoms with E-state index in [0.29, 0.717) is 9.48 Å². The molecule has 3 amide bonds. The number of halogens is 2. The molecule has 154 valence electrons. The first-order valence-corrected chi connectivity index (χ1v) is 9.38. The van der Waals surface area contributed by atoms with Gasteiger partial charge in [0.25, 0.3) is 5.91 Å². The highest BCUT2D eigenvalue weighted by molar-refractivity contribution is 9.10. The Hall–Kier alpha value is -1.83. The van der Waals surface area contributed by atoms with Crippen molar-refractivity contribution in [2.75, 3.05) is 18.5 Å². The second-order valence-electron chi connectivity index (χ2n) is 6.49. The van der Waals surface area contributed by atoms with Crippen molar-refractivity contribution in [2.45, 2.75) is 37.6 Å². The average Bonchev–Trinajstić information content (AvgIpc) is 3.07. The van der Waals surface area contributed by atoms with Crippen molar-refractivity contribution in [3.63, 3.8) is 0 Å². The lowest BCUT2D eigenvalue weighted by Crippen LogP contribution is -2.55. The molecule has 4 atom stereocenters. The van der Waals surface area contributed by atoms with Gasteiger partial charge < -0.3 is 25.6 Å². The summed E-state index contributed by atoms with van der Waals surface area (Å²) >= 11 is 3.13. The van der Waals surface area contributed by atoms with Gasteiger partial charge in [0.05, 0.1) is 18.4 Å². The van der Waals surface area contributed by atoms with Crippen LogP contribution in [0.4, 0.5) is 14.9 Å². The Balaban J connectivity index is 1.66. The van der Waals surface area contributed by atoms with Gasteiger partial charge in [0.1, 0.15) is 12.0 Å². The predicted molar refractivity (Wildman–Crippen MR) is 99.0 cm³/mol. The van der Waals surface area contributed by atoms with Crippen LogP contribution in [-0.4, -0.2) is 64.5 Å². The molecule has 2 aliphatic heterocycles. The number of imide groups is 1. The molecule has 0 saturated carbocycles. The van der Waals surface area contributed by atoms with Crippen molar-refractivity contribution in [3.8, 4) is 0 Å². The number of urea groups is 1. The Labute approximate surface area is 168 Å². The zero-order valence-electron chi connectivity index (χ0n) is 14.9. The number of hydrogen-bond donors (Lipinski definition) is 6. The summed E-state index contributed by atoms with van der Waals surface area (Å²) in [5, 5.41) is 27.6. The van der Waals surface area contributed by atoms with Gasteiger partial charge in [-0.1, -0.05) is 15.9 Å². The fourth-order valence-electron chi connectivity index (χ4n) is 3.25. The van der Waals surface area contributed by atoms with E-state index in [0.717, 1.165) is 0 Å². The van der Waals surface area contributed by atoms with Crippen LogP contribution in [0.3, 0.4) is 0 Å². The van der Waals surface area contributed by atoms with Gasteiger partial charge in [0, 0.05) is 17.4 Å². The van der Waals surface area contributed by atoms with Gasteiger partial charge in [-0.3, -0.25) is 10.1 Å². The molecule has 0 aliphatic carbocycles. The van der Waals surface area contributed by atoms with Crippen LogP contribution in [0.2, 0.25) is 0 Å². The number of ether oxygens (including phenoxy) is 1. The minimum atomic E-state index is -1.61. The van der Waals surface area contributed by atoms with Crippen LogP contribution >= 0.6 is 15.9 Å². The highest BCUT2D eigenvalue weighted by Crippen LogP contribution is 2.34. The lowest BCUT2D eigenvalue weighted by atomic mass is 9.91. The molecule has 1 aromatic carbocycles. The summed E-state index contributed by atoms with van der Waals surface area (Å²) in [6, 6.07) is 3.40. The fraction of sp³-hybridized carbons (Fsp3) is 0.500. The molecule has 1 aromatic rings. The third-order valence-electron chi connectivity index (χ3n) is 4.65. The lowest BCUT2D eigenvalue weighted by molar-refractivity contribution is -0.137. The monoisotopic (exact) mass is 461 g/mol. The molecule has 2 heterocycles. The molecule has 2 saturated heterocycles. The zero-order valence-corrected chi connectivity index (χ0v) is 16.5. The summed E-state index contributed by atoms with van der Waals surface area (Å²) in [5.74, 6) is -1.25. The van der Waals surface area contributed by atoms with Gasteiger partial charge in [-0.2, -0.15) is 10.4 Å². The smallest absolute Gasteiger partial charge is 0.340 e. The molecular formula is C16H21BrFN5O5. The van der Waals surface area contributed by atoms with E-state index < -0.39 is 42.0 Å². The molecule has 2 fully saturated rings. The number of carbonyl (C=O) groups excluding carboxylic acids is 2. The molecule has 6 N–H and O–H groups in total. The second-order valence-corrected chi connectivity index (χ2v) is 7.41. The lowest BCUT2D eigenvalue weighted by Gasteiger charge is -2.25. The van der Waals surface area contributed by atoms with Gasteiger partial charge in [-0.15, -0.1) is 0 Å². The number of benzene rings is 1. The number of aliphatic hydroxyl groups excluding tert-OH is 2. The van der Waals surface area contributed by atoms with Crippen molar-refractivity contribution in [3.05, 3.63) is 28.5 Å². The first-order valence-electron chi connectivity index (χ1n) is 8.59. The number of aliphatic hydroxyl groups is 2. The Bertz CT molecular complexity index is 771. The maximum absolute atomic E-state index is 13.9. The van der Waals surface area contributed by atoms with Crippen molar-refractivity contribution >= 4 is 33.6 Å². The fourth-order valence-corrected chi connectivity index (χ4v) is 3.58. The quantitative estimate of drug-likeness (QED) is 0.242. The number of amides is 3. The molecule has 2 aliphatic rings. The number of hydrazine groups is 1. The summed E-state index contributed by atoms with van der Waals surface area (Å²) in [7, 11) is 0. The third-order valence-corrected chi connectivity index (χ3v) is 5.14. The van der Waals surface area contributed by atoms with E-state index in [4.69, 9.17) is 9.84 Å². The van der Waals surface area contributed by atoms with E-state index in [-0.39, 0.29) is 25.3 Å². The van der Waals surface area contributed by atoms with Crippen LogP contribution in [0, 0.1) is 5.82 Å². The van der Waals surface area contributed by atoms with Crippen LogP contribution in [0.25, 0.3) is 0 Å². The van der Waals surface area contributed by atoms with E-state index >= 15 is 0 Å². The first-order chi connectivity index (χ1) is 13.3. The number of hydrogen-bond acceptors (Lipinski definition) is 8. The van der Waals surface area contributed by atoms with Gasteiger partial charge in [-0.25, -0.2) is 9.18 Å². The van der Waals surface area contributed by atoms with E-state index in [1.54, 1.807) is 13.0 Å². The van der Waals surface area contributed by atoms with Crippen molar-refractivity contribution < 1.29 is 28.9 Å². The maximum atomic E-state index is 13.9. The van der Waals surface area contributed by atoms with Crippen LogP contribution in [0.1, 0.15) is 13.3 Å². The number of carbonyl (C=O) groups is 2. The zero-order chi connectivity index (χ0) is 20.5. The molecule has 4 unspecified atom stereocenters. The summed E-state index contributed by atoms with van der Waals surface area (Å²) in [5.41, 5.74) is 0.997. The van der Waals surface area contributed by atoms with E-state index in [9.17, 15) is 19.1 Å². The van der Waals surface area contributed by atoms with Crippen molar-refractivity contribution in [1.29, 1.82) is 0 Å². The summed E-state index contributed by atoms with van der Waals surface area (Å²) < 4.78 is 20.1. The van der Waals surface area contributed by atoms with E-state index in [1.807, 2.05) is 0 Å². The Morgan fingerprint density at radius 1 is 1.50 bits per heavy atom. The summed E-state index contributed by atoms with van der Waals surface area (Å²) in [6.45, 7) is 1.83. The minimum Gasteiger partial charge on any atom is -0.395 e. The molecule has 0 aromatic heterocycles. The maximum Gasteiger partial charge on any atom is 0.340 e. The molecule has 3 rings (SSSR count). The summed E-state index contributed by atoms with van der Waals surface area (Å²) in [6.07, 6.45) is -2.62. The largest absolute Gasteiger partial charge is 0.395 e. The van der Waals surface area contributed by atoms with Crippen LogP contribution in [0.15, 0.2) is 22.7 Å². The molecule has 12 heteroatoms. The average molecular weight is 462 g/mol. The molecule has 10 nitrogen and oxygen atoms in total. The standard InChI is InChI=1S/C16H21BrFN5O5/c1-8-16(7-12(28-8)19-4-5-24)13(25)23(15(27)21-16)22-14(26)20-11-3-2-9(17)6-10(11)18/h2-3,6,8,12,14,19-20,22,24,26H,4-5,7H2,1H3,(H,21,27). The Morgan fingerprint density at radius 2 is 2.25 bits per heavy atom. The number of nitrogens with one attached hydrogen (secondary N) is 4. The number of anilines is 1. The van der Waals surface area contributed by atoms with Crippen LogP contribution in [0.5, 0.6) is 0 Å². The molecule has 0 radical (unpaired) electrons. The normalized spacial score (nSPS) is 28.1. The molecule has 1 spiro atoms.